The number of aliphatic carboxylic acids is 1. The Bertz CT molecular complexity index is 206. The van der Waals surface area contributed by atoms with Gasteiger partial charge in [-0.15, -0.1) is 0 Å². The summed E-state index contributed by atoms with van der Waals surface area (Å²) in [6.45, 7) is 7.27. The second-order valence-electron chi connectivity index (χ2n) is 4.21. The van der Waals surface area contributed by atoms with Gasteiger partial charge in [0.2, 0.25) is 0 Å². The van der Waals surface area contributed by atoms with Crippen LogP contribution in [0.4, 0.5) is 0 Å². The molecule has 0 aromatic carbocycles. The van der Waals surface area contributed by atoms with Crippen molar-refractivity contribution < 1.29 is 14.7 Å². The van der Waals surface area contributed by atoms with E-state index in [0.717, 1.165) is 0 Å². The number of carbonyl (C=O) groups is 2. The van der Waals surface area contributed by atoms with Crippen LogP contribution in [0, 0.1) is 11.3 Å². The third-order valence-corrected chi connectivity index (χ3v) is 2.77. The lowest BCUT2D eigenvalue weighted by molar-refractivity contribution is -0.138. The molecule has 0 radical (unpaired) electrons. The Morgan fingerprint density at radius 3 is 2.15 bits per heavy atom. The first-order valence-electron chi connectivity index (χ1n) is 4.49. The molecule has 0 amide bonds. The van der Waals surface area contributed by atoms with Gasteiger partial charge in [0, 0.05) is 12.3 Å². The molecule has 13 heavy (non-hydrogen) atoms. The molecule has 3 nitrogen and oxygen atoms in total. The zero-order valence-corrected chi connectivity index (χ0v) is 8.76. The molecule has 0 aliphatic rings. The van der Waals surface area contributed by atoms with Gasteiger partial charge in [-0.05, 0) is 18.8 Å². The lowest BCUT2D eigenvalue weighted by Crippen LogP contribution is -2.27. The highest BCUT2D eigenvalue weighted by molar-refractivity contribution is 5.78. The average molecular weight is 186 g/mol. The number of ketones is 1. The Labute approximate surface area is 79.1 Å². The Morgan fingerprint density at radius 1 is 1.38 bits per heavy atom. The highest BCUT2D eigenvalue weighted by atomic mass is 16.4. The number of carboxylic acid groups (broad SMARTS) is 1. The summed E-state index contributed by atoms with van der Waals surface area (Å²) in [7, 11) is 0. The van der Waals surface area contributed by atoms with Crippen molar-refractivity contribution in [2.75, 3.05) is 0 Å². The normalized spacial score (nSPS) is 13.8. The SMILES string of the molecule is CC(=O)C(C)C(C)(C)CCC(=O)O. The van der Waals surface area contributed by atoms with Crippen LogP contribution in [0.1, 0.15) is 40.5 Å². The van der Waals surface area contributed by atoms with E-state index in [1.165, 1.54) is 0 Å². The molecule has 0 saturated carbocycles. The van der Waals surface area contributed by atoms with E-state index in [1.807, 2.05) is 20.8 Å². The van der Waals surface area contributed by atoms with E-state index in [4.69, 9.17) is 5.11 Å². The molecule has 0 spiro atoms. The third-order valence-electron chi connectivity index (χ3n) is 2.77. The van der Waals surface area contributed by atoms with E-state index in [2.05, 4.69) is 0 Å². The summed E-state index contributed by atoms with van der Waals surface area (Å²) in [6, 6.07) is 0. The summed E-state index contributed by atoms with van der Waals surface area (Å²) < 4.78 is 0. The largest absolute Gasteiger partial charge is 0.481 e. The van der Waals surface area contributed by atoms with Crippen molar-refractivity contribution in [2.45, 2.75) is 40.5 Å². The maximum atomic E-state index is 11.1. The Kier molecular flexibility index (Phi) is 4.11. The molecular weight excluding hydrogens is 168 g/mol. The smallest absolute Gasteiger partial charge is 0.303 e. The highest BCUT2D eigenvalue weighted by Crippen LogP contribution is 2.32. The van der Waals surface area contributed by atoms with Gasteiger partial charge >= 0.3 is 5.97 Å². The van der Waals surface area contributed by atoms with E-state index < -0.39 is 5.97 Å². The number of hydrogen-bond acceptors (Lipinski definition) is 2. The van der Waals surface area contributed by atoms with Crippen molar-refractivity contribution >= 4 is 11.8 Å². The Morgan fingerprint density at radius 2 is 1.85 bits per heavy atom. The monoisotopic (exact) mass is 186 g/mol. The molecule has 1 N–H and O–H groups in total. The van der Waals surface area contributed by atoms with E-state index in [1.54, 1.807) is 6.92 Å². The molecule has 0 rings (SSSR count). The molecule has 0 heterocycles. The zero-order valence-electron chi connectivity index (χ0n) is 8.76. The average Bonchev–Trinajstić information content (AvgIpc) is 1.99. The quantitative estimate of drug-likeness (QED) is 0.715. The molecular formula is C10H18O3. The van der Waals surface area contributed by atoms with Crippen LogP contribution < -0.4 is 0 Å². The molecule has 0 saturated heterocycles. The van der Waals surface area contributed by atoms with Gasteiger partial charge in [-0.2, -0.15) is 0 Å². The number of carboxylic acids is 1. The molecule has 0 fully saturated rings. The standard InChI is InChI=1S/C10H18O3/c1-7(8(2)11)10(3,4)6-5-9(12)13/h7H,5-6H2,1-4H3,(H,12,13). The van der Waals surface area contributed by atoms with Crippen LogP contribution in [-0.2, 0) is 9.59 Å². The minimum atomic E-state index is -0.802. The Hall–Kier alpha value is -0.860. The third kappa shape index (κ3) is 4.06. The minimum absolute atomic E-state index is 0.0770. The van der Waals surface area contributed by atoms with Gasteiger partial charge in [0.25, 0.3) is 0 Å². The molecule has 0 aromatic heterocycles. The second kappa shape index (κ2) is 4.40. The first-order valence-corrected chi connectivity index (χ1v) is 4.49. The van der Waals surface area contributed by atoms with Crippen molar-refractivity contribution in [2.24, 2.45) is 11.3 Å². The summed E-state index contributed by atoms with van der Waals surface area (Å²) in [5.74, 6) is -0.758. The fraction of sp³-hybridized carbons (Fsp3) is 0.800. The maximum Gasteiger partial charge on any atom is 0.303 e. The van der Waals surface area contributed by atoms with Crippen molar-refractivity contribution in [3.8, 4) is 0 Å². The van der Waals surface area contributed by atoms with Gasteiger partial charge in [-0.25, -0.2) is 0 Å². The topological polar surface area (TPSA) is 54.4 Å². The molecule has 0 aromatic rings. The van der Waals surface area contributed by atoms with Crippen LogP contribution in [0.3, 0.4) is 0 Å². The van der Waals surface area contributed by atoms with Crippen molar-refractivity contribution in [1.29, 1.82) is 0 Å². The predicted octanol–water partition coefficient (Wildman–Crippen LogP) is 2.10. The van der Waals surface area contributed by atoms with Crippen molar-refractivity contribution in [3.05, 3.63) is 0 Å². The number of hydrogen-bond donors (Lipinski definition) is 1. The molecule has 76 valence electrons. The second-order valence-corrected chi connectivity index (χ2v) is 4.21. The lowest BCUT2D eigenvalue weighted by Gasteiger charge is -2.29. The fourth-order valence-corrected chi connectivity index (χ4v) is 1.20. The van der Waals surface area contributed by atoms with E-state index in [9.17, 15) is 9.59 Å². The van der Waals surface area contributed by atoms with Gasteiger partial charge in [0.15, 0.2) is 0 Å². The van der Waals surface area contributed by atoms with Crippen LogP contribution in [0.15, 0.2) is 0 Å². The van der Waals surface area contributed by atoms with E-state index in [-0.39, 0.29) is 23.5 Å². The molecule has 1 unspecified atom stereocenters. The summed E-state index contributed by atoms with van der Waals surface area (Å²) in [6.07, 6.45) is 0.674. The van der Waals surface area contributed by atoms with Crippen LogP contribution in [-0.4, -0.2) is 16.9 Å². The molecule has 0 bridgehead atoms. The molecule has 0 aliphatic heterocycles. The predicted molar refractivity (Wildman–Crippen MR) is 50.5 cm³/mol. The first kappa shape index (κ1) is 12.1. The van der Waals surface area contributed by atoms with Crippen LogP contribution in [0.5, 0.6) is 0 Å². The minimum Gasteiger partial charge on any atom is -0.481 e. The van der Waals surface area contributed by atoms with E-state index in [0.29, 0.717) is 6.42 Å². The van der Waals surface area contributed by atoms with Gasteiger partial charge < -0.3 is 5.11 Å². The summed E-state index contributed by atoms with van der Waals surface area (Å²) in [5, 5.41) is 8.51. The first-order chi connectivity index (χ1) is 5.77. The van der Waals surface area contributed by atoms with Gasteiger partial charge in [-0.3, -0.25) is 9.59 Å². The van der Waals surface area contributed by atoms with Crippen LogP contribution >= 0.6 is 0 Å². The summed E-state index contributed by atoms with van der Waals surface area (Å²) >= 11 is 0. The fourth-order valence-electron chi connectivity index (χ4n) is 1.20. The molecule has 3 heteroatoms. The maximum absolute atomic E-state index is 11.1. The molecule has 0 aliphatic carbocycles. The van der Waals surface area contributed by atoms with Crippen molar-refractivity contribution in [3.63, 3.8) is 0 Å². The van der Waals surface area contributed by atoms with Crippen LogP contribution in [0.25, 0.3) is 0 Å². The van der Waals surface area contributed by atoms with Crippen molar-refractivity contribution in [1.82, 2.24) is 0 Å². The van der Waals surface area contributed by atoms with Gasteiger partial charge in [0.05, 0.1) is 0 Å². The van der Waals surface area contributed by atoms with Gasteiger partial charge in [-0.1, -0.05) is 20.8 Å². The number of carbonyl (C=O) groups excluding carboxylic acids is 1. The Balaban J connectivity index is 4.21. The molecule has 1 atom stereocenters. The van der Waals surface area contributed by atoms with Crippen LogP contribution in [0.2, 0.25) is 0 Å². The van der Waals surface area contributed by atoms with E-state index >= 15 is 0 Å². The summed E-state index contributed by atoms with van der Waals surface area (Å²) in [4.78, 5) is 21.4. The van der Waals surface area contributed by atoms with Gasteiger partial charge in [0.1, 0.15) is 5.78 Å². The summed E-state index contributed by atoms with van der Waals surface area (Å²) in [5.41, 5.74) is -0.218. The number of rotatable bonds is 5. The lowest BCUT2D eigenvalue weighted by atomic mass is 9.75. The highest BCUT2D eigenvalue weighted by Gasteiger charge is 2.29. The number of Topliss-reactive ketones (excluding diaryl/α,β-unsaturated/α-hetero) is 1. The zero-order chi connectivity index (χ0) is 10.6.